The quantitative estimate of drug-likeness (QED) is 0.756. The maximum absolute atomic E-state index is 12.3. The monoisotopic (exact) mass is 308 g/mol. The van der Waals surface area contributed by atoms with Gasteiger partial charge in [0.05, 0.1) is 13.2 Å². The highest BCUT2D eigenvalue weighted by Gasteiger charge is 2.35. The standard InChI is InChI=1S/C9H12N2O6S2/c1-5-8(18-9(14)10-5)19(15,16)11-2-3-17-6(4-11)7(12)13/h6H,2-4H2,1H3,(H,10,14)(H,12,13). The van der Waals surface area contributed by atoms with Crippen LogP contribution in [0.2, 0.25) is 0 Å². The predicted molar refractivity (Wildman–Crippen MR) is 65.8 cm³/mol. The summed E-state index contributed by atoms with van der Waals surface area (Å²) in [6, 6.07) is 0. The number of H-pyrrole nitrogens is 1. The van der Waals surface area contributed by atoms with Crippen LogP contribution in [-0.4, -0.2) is 54.6 Å². The third-order valence-electron chi connectivity index (χ3n) is 2.66. The van der Waals surface area contributed by atoms with Crippen molar-refractivity contribution >= 4 is 27.3 Å². The summed E-state index contributed by atoms with van der Waals surface area (Å²) in [6.45, 7) is 1.30. The number of hydrogen-bond acceptors (Lipinski definition) is 6. The second-order valence-corrected chi connectivity index (χ2v) is 7.10. The van der Waals surface area contributed by atoms with Crippen LogP contribution in [-0.2, 0) is 19.6 Å². The first-order valence-electron chi connectivity index (χ1n) is 5.36. The number of morpholine rings is 1. The highest BCUT2D eigenvalue weighted by molar-refractivity contribution is 7.91. The van der Waals surface area contributed by atoms with E-state index in [0.717, 1.165) is 4.31 Å². The van der Waals surface area contributed by atoms with Gasteiger partial charge in [-0.15, -0.1) is 0 Å². The molecule has 1 aromatic rings. The van der Waals surface area contributed by atoms with Crippen LogP contribution in [0.1, 0.15) is 5.69 Å². The Morgan fingerprint density at radius 2 is 2.26 bits per heavy atom. The Hall–Kier alpha value is -1.23. The number of nitrogens with one attached hydrogen (secondary N) is 1. The summed E-state index contributed by atoms with van der Waals surface area (Å²) < 4.78 is 30.6. The lowest BCUT2D eigenvalue weighted by Crippen LogP contribution is -2.48. The first-order chi connectivity index (χ1) is 8.82. The smallest absolute Gasteiger partial charge is 0.334 e. The number of ether oxygens (including phenoxy) is 1. The number of carboxylic acids is 1. The zero-order valence-electron chi connectivity index (χ0n) is 9.95. The molecular weight excluding hydrogens is 296 g/mol. The number of aliphatic carboxylic acids is 1. The number of nitrogens with zero attached hydrogens (tertiary/aromatic N) is 1. The molecule has 1 saturated heterocycles. The van der Waals surface area contributed by atoms with Crippen LogP contribution < -0.4 is 4.87 Å². The second-order valence-electron chi connectivity index (χ2n) is 3.99. The largest absolute Gasteiger partial charge is 0.479 e. The van der Waals surface area contributed by atoms with Gasteiger partial charge < -0.3 is 14.8 Å². The molecule has 1 aliphatic heterocycles. The molecule has 10 heteroatoms. The molecule has 0 bridgehead atoms. The molecule has 106 valence electrons. The Labute approximate surface area is 112 Å². The van der Waals surface area contributed by atoms with Gasteiger partial charge in [0.1, 0.15) is 0 Å². The van der Waals surface area contributed by atoms with Crippen LogP contribution in [0.15, 0.2) is 9.00 Å². The summed E-state index contributed by atoms with van der Waals surface area (Å²) in [7, 11) is -3.86. The molecule has 19 heavy (non-hydrogen) atoms. The van der Waals surface area contributed by atoms with Crippen LogP contribution in [0, 0.1) is 6.92 Å². The van der Waals surface area contributed by atoms with Crippen LogP contribution in [0.4, 0.5) is 0 Å². The Morgan fingerprint density at radius 1 is 1.58 bits per heavy atom. The fourth-order valence-electron chi connectivity index (χ4n) is 1.75. The minimum atomic E-state index is -3.86. The van der Waals surface area contributed by atoms with E-state index in [1.807, 2.05) is 0 Å². The highest BCUT2D eigenvalue weighted by atomic mass is 32.2. The minimum absolute atomic E-state index is 0.00850. The molecule has 8 nitrogen and oxygen atoms in total. The molecule has 0 amide bonds. The zero-order valence-corrected chi connectivity index (χ0v) is 11.6. The highest BCUT2D eigenvalue weighted by Crippen LogP contribution is 2.23. The van der Waals surface area contributed by atoms with Gasteiger partial charge in [-0.2, -0.15) is 4.31 Å². The molecule has 1 atom stereocenters. The summed E-state index contributed by atoms with van der Waals surface area (Å²) in [5.41, 5.74) is 0.258. The van der Waals surface area contributed by atoms with E-state index in [-0.39, 0.29) is 29.6 Å². The maximum Gasteiger partial charge on any atom is 0.334 e. The number of thiazole rings is 1. The van der Waals surface area contributed by atoms with Crippen molar-refractivity contribution < 1.29 is 23.1 Å². The topological polar surface area (TPSA) is 117 Å². The van der Waals surface area contributed by atoms with E-state index >= 15 is 0 Å². The number of sulfonamides is 1. The number of carbonyl (C=O) groups is 1. The first-order valence-corrected chi connectivity index (χ1v) is 7.62. The van der Waals surface area contributed by atoms with Gasteiger partial charge in [0.2, 0.25) is 0 Å². The van der Waals surface area contributed by atoms with E-state index in [1.165, 1.54) is 6.92 Å². The van der Waals surface area contributed by atoms with Crippen molar-refractivity contribution in [3.63, 3.8) is 0 Å². The zero-order chi connectivity index (χ0) is 14.2. The van der Waals surface area contributed by atoms with Gasteiger partial charge in [0.15, 0.2) is 10.3 Å². The fraction of sp³-hybridized carbons (Fsp3) is 0.556. The van der Waals surface area contributed by atoms with Crippen molar-refractivity contribution in [1.82, 2.24) is 9.29 Å². The Bertz CT molecular complexity index is 646. The summed E-state index contributed by atoms with van der Waals surface area (Å²) >= 11 is 0.596. The van der Waals surface area contributed by atoms with E-state index in [1.54, 1.807) is 0 Å². The Morgan fingerprint density at radius 3 is 2.79 bits per heavy atom. The van der Waals surface area contributed by atoms with E-state index in [4.69, 9.17) is 9.84 Å². The van der Waals surface area contributed by atoms with E-state index in [9.17, 15) is 18.0 Å². The summed E-state index contributed by atoms with van der Waals surface area (Å²) in [4.78, 5) is 23.9. The van der Waals surface area contributed by atoms with Gasteiger partial charge in [-0.25, -0.2) is 13.2 Å². The molecular formula is C9H12N2O6S2. The first kappa shape index (κ1) is 14.2. The number of aryl methyl sites for hydroxylation is 1. The molecule has 0 saturated carbocycles. The molecule has 1 aliphatic rings. The average molecular weight is 308 g/mol. The number of carboxylic acid groups (broad SMARTS) is 1. The van der Waals surface area contributed by atoms with Gasteiger partial charge in [-0.05, 0) is 6.92 Å². The second kappa shape index (κ2) is 5.04. The van der Waals surface area contributed by atoms with Gasteiger partial charge in [-0.3, -0.25) is 4.79 Å². The van der Waals surface area contributed by atoms with Crippen LogP contribution in [0.3, 0.4) is 0 Å². The van der Waals surface area contributed by atoms with Crippen molar-refractivity contribution in [3.05, 3.63) is 15.4 Å². The lowest BCUT2D eigenvalue weighted by Gasteiger charge is -2.29. The Balaban J connectivity index is 2.32. The third kappa shape index (κ3) is 2.71. The van der Waals surface area contributed by atoms with E-state index < -0.39 is 27.0 Å². The summed E-state index contributed by atoms with van der Waals surface area (Å²) in [5, 5.41) is 8.85. The van der Waals surface area contributed by atoms with Gasteiger partial charge in [0.25, 0.3) is 10.0 Å². The molecule has 1 unspecified atom stereocenters. The van der Waals surface area contributed by atoms with Crippen LogP contribution in [0.25, 0.3) is 0 Å². The van der Waals surface area contributed by atoms with Crippen molar-refractivity contribution in [2.45, 2.75) is 17.2 Å². The van der Waals surface area contributed by atoms with Crippen molar-refractivity contribution in [1.29, 1.82) is 0 Å². The molecule has 0 radical (unpaired) electrons. The average Bonchev–Trinajstić information content (AvgIpc) is 2.69. The van der Waals surface area contributed by atoms with Crippen molar-refractivity contribution in [3.8, 4) is 0 Å². The number of hydrogen-bond donors (Lipinski definition) is 2. The molecule has 2 heterocycles. The van der Waals surface area contributed by atoms with Gasteiger partial charge >= 0.3 is 10.8 Å². The van der Waals surface area contributed by atoms with Crippen molar-refractivity contribution in [2.24, 2.45) is 0 Å². The third-order valence-corrected chi connectivity index (χ3v) is 6.11. The number of aromatic nitrogens is 1. The van der Waals surface area contributed by atoms with Gasteiger partial charge in [0, 0.05) is 12.2 Å². The van der Waals surface area contributed by atoms with Crippen molar-refractivity contribution in [2.75, 3.05) is 19.7 Å². The predicted octanol–water partition coefficient (Wildman–Crippen LogP) is -0.781. The SMILES string of the molecule is Cc1[nH]c(=O)sc1S(=O)(=O)N1CCOC(C(=O)O)C1. The summed E-state index contributed by atoms with van der Waals surface area (Å²) in [6.07, 6.45) is -1.18. The van der Waals surface area contributed by atoms with Gasteiger partial charge in [-0.1, -0.05) is 11.3 Å². The minimum Gasteiger partial charge on any atom is -0.479 e. The van der Waals surface area contributed by atoms with Crippen LogP contribution >= 0.6 is 11.3 Å². The fourth-order valence-corrected chi connectivity index (χ4v) is 4.61. The maximum atomic E-state index is 12.3. The molecule has 0 spiro atoms. The van der Waals surface area contributed by atoms with Crippen LogP contribution in [0.5, 0.6) is 0 Å². The Kier molecular flexibility index (Phi) is 3.76. The van der Waals surface area contributed by atoms with E-state index in [0.29, 0.717) is 11.3 Å². The van der Waals surface area contributed by atoms with E-state index in [2.05, 4.69) is 4.98 Å². The summed E-state index contributed by atoms with van der Waals surface area (Å²) in [5.74, 6) is -1.21. The lowest BCUT2D eigenvalue weighted by atomic mass is 10.3. The molecule has 0 aliphatic carbocycles. The molecule has 0 aromatic carbocycles. The number of aromatic amines is 1. The molecule has 1 fully saturated rings. The number of rotatable bonds is 3. The lowest BCUT2D eigenvalue weighted by molar-refractivity contribution is -0.153. The molecule has 2 rings (SSSR count). The molecule has 2 N–H and O–H groups in total. The normalized spacial score (nSPS) is 21.4. The molecule has 1 aromatic heterocycles.